The summed E-state index contributed by atoms with van der Waals surface area (Å²) >= 11 is 0. The van der Waals surface area contributed by atoms with E-state index in [2.05, 4.69) is 10.6 Å². The van der Waals surface area contributed by atoms with E-state index in [0.29, 0.717) is 45.2 Å². The normalized spacial score (nSPS) is 20.3. The van der Waals surface area contributed by atoms with Gasteiger partial charge in [-0.2, -0.15) is 0 Å². The van der Waals surface area contributed by atoms with Crippen LogP contribution in [0, 0.1) is 5.92 Å². The van der Waals surface area contributed by atoms with E-state index in [9.17, 15) is 28.8 Å². The summed E-state index contributed by atoms with van der Waals surface area (Å²) in [5.74, 6) is -2.97. The molecule has 2 fully saturated rings. The first-order valence-corrected chi connectivity index (χ1v) is 14.5. The number of primary amides is 2. The standard InChI is InChI=1S/C29H42N6O7/c1-3-18(2)24(28(40)35-16-8-12-22(35)27(39)34-15-7-11-21(34)25(31)37)33-26(38)20(13-14-23(30)36)32-29(41)42-17-19-9-5-4-6-10-19/h4-6,9-10,18,20-22,24H,3,7-8,11-17H2,1-2H3,(H2,30,36)(H2,31,37)(H,32,41)(H,33,38). The van der Waals surface area contributed by atoms with Crippen LogP contribution in [0.15, 0.2) is 30.3 Å². The molecule has 0 bridgehead atoms. The van der Waals surface area contributed by atoms with Gasteiger partial charge in [0.1, 0.15) is 30.8 Å². The van der Waals surface area contributed by atoms with Crippen molar-refractivity contribution < 1.29 is 33.5 Å². The van der Waals surface area contributed by atoms with Gasteiger partial charge in [0.05, 0.1) is 0 Å². The first-order chi connectivity index (χ1) is 20.0. The Hall–Kier alpha value is -4.16. The highest BCUT2D eigenvalue weighted by Gasteiger charge is 2.44. The molecule has 1 aromatic carbocycles. The van der Waals surface area contributed by atoms with Gasteiger partial charge in [0.2, 0.25) is 29.5 Å². The van der Waals surface area contributed by atoms with E-state index in [0.717, 1.165) is 5.56 Å². The number of nitrogens with zero attached hydrogens (tertiary/aromatic N) is 2. The first-order valence-electron chi connectivity index (χ1n) is 14.5. The number of ether oxygens (including phenoxy) is 1. The van der Waals surface area contributed by atoms with Crippen molar-refractivity contribution in [2.45, 2.75) is 89.6 Å². The summed E-state index contributed by atoms with van der Waals surface area (Å²) < 4.78 is 5.24. The molecule has 2 aliphatic rings. The zero-order valence-corrected chi connectivity index (χ0v) is 24.3. The topological polar surface area (TPSA) is 194 Å². The second kappa shape index (κ2) is 15.2. The van der Waals surface area contributed by atoms with Crippen molar-refractivity contribution in [3.8, 4) is 0 Å². The molecule has 0 aliphatic carbocycles. The Kier molecular flexibility index (Phi) is 11.7. The fraction of sp³-hybridized carbons (Fsp3) is 0.586. The Morgan fingerprint density at radius 1 is 0.952 bits per heavy atom. The molecular formula is C29H42N6O7. The molecule has 0 spiro atoms. The van der Waals surface area contributed by atoms with Crippen molar-refractivity contribution in [2.24, 2.45) is 17.4 Å². The predicted molar refractivity (Wildman–Crippen MR) is 152 cm³/mol. The van der Waals surface area contributed by atoms with Crippen molar-refractivity contribution >= 4 is 35.6 Å². The SMILES string of the molecule is CCC(C)C(NC(=O)C(CCC(N)=O)NC(=O)OCc1ccccc1)C(=O)N1CCCC1C(=O)N1CCCC1C(N)=O. The number of likely N-dealkylation sites (tertiary alicyclic amines) is 2. The first kappa shape index (κ1) is 32.4. The third kappa shape index (κ3) is 8.43. The summed E-state index contributed by atoms with van der Waals surface area (Å²) in [6.07, 6.45) is 1.56. The number of nitrogens with one attached hydrogen (secondary N) is 2. The van der Waals surface area contributed by atoms with Crippen LogP contribution < -0.4 is 22.1 Å². The van der Waals surface area contributed by atoms with Crippen LogP contribution in [0.5, 0.6) is 0 Å². The lowest BCUT2D eigenvalue weighted by atomic mass is 9.96. The summed E-state index contributed by atoms with van der Waals surface area (Å²) in [6, 6.07) is 5.32. The fourth-order valence-electron chi connectivity index (χ4n) is 5.38. The average molecular weight is 587 g/mol. The second-order valence-electron chi connectivity index (χ2n) is 10.9. The van der Waals surface area contributed by atoms with Gasteiger partial charge in [-0.1, -0.05) is 50.6 Å². The number of alkyl carbamates (subject to hydrolysis) is 1. The molecule has 1 aromatic rings. The zero-order valence-electron chi connectivity index (χ0n) is 24.3. The van der Waals surface area contributed by atoms with Gasteiger partial charge < -0.3 is 36.6 Å². The van der Waals surface area contributed by atoms with Gasteiger partial charge in [0.25, 0.3) is 0 Å². The van der Waals surface area contributed by atoms with Crippen molar-refractivity contribution in [1.29, 1.82) is 0 Å². The Morgan fingerprint density at radius 2 is 1.60 bits per heavy atom. The molecule has 6 N–H and O–H groups in total. The molecule has 13 nitrogen and oxygen atoms in total. The number of hydrogen-bond donors (Lipinski definition) is 4. The molecule has 2 aliphatic heterocycles. The van der Waals surface area contributed by atoms with Gasteiger partial charge >= 0.3 is 6.09 Å². The molecular weight excluding hydrogens is 544 g/mol. The summed E-state index contributed by atoms with van der Waals surface area (Å²) in [5.41, 5.74) is 11.5. The lowest BCUT2D eigenvalue weighted by Crippen LogP contribution is -2.59. The number of carbonyl (C=O) groups is 6. The lowest BCUT2D eigenvalue weighted by Gasteiger charge is -2.34. The average Bonchev–Trinajstić information content (AvgIpc) is 3.67. The third-order valence-electron chi connectivity index (χ3n) is 7.96. The maximum absolute atomic E-state index is 13.9. The summed E-state index contributed by atoms with van der Waals surface area (Å²) in [6.45, 7) is 4.36. The molecule has 0 saturated carbocycles. The Labute approximate surface area is 245 Å². The molecule has 6 amide bonds. The number of nitrogens with two attached hydrogens (primary N) is 2. The van der Waals surface area contributed by atoms with Crippen LogP contribution in [-0.2, 0) is 35.3 Å². The molecule has 2 saturated heterocycles. The van der Waals surface area contributed by atoms with Gasteiger partial charge in [0, 0.05) is 19.5 Å². The highest BCUT2D eigenvalue weighted by atomic mass is 16.5. The quantitative estimate of drug-likeness (QED) is 0.259. The molecule has 230 valence electrons. The number of benzene rings is 1. The van der Waals surface area contributed by atoms with Crippen LogP contribution >= 0.6 is 0 Å². The van der Waals surface area contributed by atoms with Crippen LogP contribution in [-0.4, -0.2) is 82.7 Å². The minimum Gasteiger partial charge on any atom is -0.445 e. The van der Waals surface area contributed by atoms with E-state index in [1.807, 2.05) is 13.0 Å². The Morgan fingerprint density at radius 3 is 2.21 bits per heavy atom. The minimum absolute atomic E-state index is 0.0250. The molecule has 42 heavy (non-hydrogen) atoms. The summed E-state index contributed by atoms with van der Waals surface area (Å²) in [4.78, 5) is 79.5. The molecule has 2 heterocycles. The van der Waals surface area contributed by atoms with Crippen LogP contribution in [0.1, 0.15) is 64.4 Å². The zero-order chi connectivity index (χ0) is 30.8. The number of rotatable bonds is 13. The predicted octanol–water partition coefficient (Wildman–Crippen LogP) is 0.545. The van der Waals surface area contributed by atoms with Crippen molar-refractivity contribution in [1.82, 2.24) is 20.4 Å². The number of amides is 6. The fourth-order valence-corrected chi connectivity index (χ4v) is 5.38. The van der Waals surface area contributed by atoms with Crippen LogP contribution in [0.2, 0.25) is 0 Å². The van der Waals surface area contributed by atoms with E-state index in [1.165, 1.54) is 9.80 Å². The van der Waals surface area contributed by atoms with E-state index < -0.39 is 53.9 Å². The van der Waals surface area contributed by atoms with Crippen LogP contribution in [0.4, 0.5) is 4.79 Å². The summed E-state index contributed by atoms with van der Waals surface area (Å²) in [7, 11) is 0. The largest absolute Gasteiger partial charge is 0.445 e. The highest BCUT2D eigenvalue weighted by Crippen LogP contribution is 2.26. The molecule has 5 atom stereocenters. The maximum Gasteiger partial charge on any atom is 0.408 e. The van der Waals surface area contributed by atoms with Crippen molar-refractivity contribution in [3.63, 3.8) is 0 Å². The van der Waals surface area contributed by atoms with Crippen molar-refractivity contribution in [3.05, 3.63) is 35.9 Å². The summed E-state index contributed by atoms with van der Waals surface area (Å²) in [5, 5.41) is 5.23. The monoisotopic (exact) mass is 586 g/mol. The molecule has 0 aromatic heterocycles. The van der Waals surface area contributed by atoms with Gasteiger partial charge in [0.15, 0.2) is 0 Å². The van der Waals surface area contributed by atoms with E-state index in [-0.39, 0.29) is 31.3 Å². The lowest BCUT2D eigenvalue weighted by molar-refractivity contribution is -0.148. The second-order valence-corrected chi connectivity index (χ2v) is 10.9. The van der Waals surface area contributed by atoms with Gasteiger partial charge in [-0.15, -0.1) is 0 Å². The highest BCUT2D eigenvalue weighted by molar-refractivity contribution is 5.96. The number of carbonyl (C=O) groups excluding carboxylic acids is 6. The molecule has 13 heteroatoms. The van der Waals surface area contributed by atoms with Crippen LogP contribution in [0.3, 0.4) is 0 Å². The molecule has 0 radical (unpaired) electrons. The third-order valence-corrected chi connectivity index (χ3v) is 7.96. The van der Waals surface area contributed by atoms with Gasteiger partial charge in [-0.3, -0.25) is 24.0 Å². The van der Waals surface area contributed by atoms with E-state index >= 15 is 0 Å². The number of hydrogen-bond acceptors (Lipinski definition) is 7. The van der Waals surface area contributed by atoms with Crippen molar-refractivity contribution in [2.75, 3.05) is 13.1 Å². The molecule has 5 unspecified atom stereocenters. The van der Waals surface area contributed by atoms with Gasteiger partial charge in [-0.25, -0.2) is 4.79 Å². The van der Waals surface area contributed by atoms with Crippen LogP contribution in [0.25, 0.3) is 0 Å². The smallest absolute Gasteiger partial charge is 0.408 e. The molecule has 3 rings (SSSR count). The van der Waals surface area contributed by atoms with E-state index in [4.69, 9.17) is 16.2 Å². The maximum atomic E-state index is 13.9. The minimum atomic E-state index is -1.20. The Bertz CT molecular complexity index is 1150. The Balaban J connectivity index is 1.72. The van der Waals surface area contributed by atoms with E-state index in [1.54, 1.807) is 31.2 Å². The van der Waals surface area contributed by atoms with Gasteiger partial charge in [-0.05, 0) is 43.6 Å².